The van der Waals surface area contributed by atoms with E-state index in [1.54, 1.807) is 0 Å². The third kappa shape index (κ3) is 3.45. The van der Waals surface area contributed by atoms with Crippen molar-refractivity contribution in [1.82, 2.24) is 25.6 Å². The molecule has 29 heavy (non-hydrogen) atoms. The maximum Gasteiger partial charge on any atom is 0.290 e. The highest BCUT2D eigenvalue weighted by molar-refractivity contribution is 5.94. The van der Waals surface area contributed by atoms with Crippen LogP contribution in [0, 0.1) is 5.92 Å². The summed E-state index contributed by atoms with van der Waals surface area (Å²) in [5.41, 5.74) is 4.71. The van der Waals surface area contributed by atoms with E-state index >= 15 is 0 Å². The number of carbonyl (C=O) groups is 2. The van der Waals surface area contributed by atoms with Gasteiger partial charge in [-0.15, -0.1) is 0 Å². The molecule has 0 spiro atoms. The predicted molar refractivity (Wildman–Crippen MR) is 105 cm³/mol. The van der Waals surface area contributed by atoms with E-state index in [4.69, 9.17) is 4.52 Å². The normalized spacial score (nSPS) is 21.0. The molecule has 0 bridgehead atoms. The first-order valence-electron chi connectivity index (χ1n) is 10.8. The summed E-state index contributed by atoms with van der Waals surface area (Å²) < 4.78 is 5.33. The predicted octanol–water partition coefficient (Wildman–Crippen LogP) is 2.05. The molecule has 5 rings (SSSR count). The molecule has 8 nitrogen and oxygen atoms in total. The zero-order chi connectivity index (χ0) is 19.8. The number of likely N-dealkylation sites (tertiary alicyclic amines) is 1. The van der Waals surface area contributed by atoms with Crippen LogP contribution in [0.5, 0.6) is 0 Å². The first kappa shape index (κ1) is 18.4. The maximum absolute atomic E-state index is 13.0. The molecule has 2 aromatic heterocycles. The van der Waals surface area contributed by atoms with E-state index in [2.05, 4.69) is 20.7 Å². The van der Waals surface area contributed by atoms with Crippen molar-refractivity contribution < 1.29 is 14.1 Å². The fourth-order valence-corrected chi connectivity index (χ4v) is 4.95. The van der Waals surface area contributed by atoms with Gasteiger partial charge in [0.1, 0.15) is 0 Å². The Bertz CT molecular complexity index is 931. The highest BCUT2D eigenvalue weighted by Crippen LogP contribution is 2.26. The van der Waals surface area contributed by atoms with Crippen LogP contribution in [0.1, 0.15) is 75.7 Å². The summed E-state index contributed by atoms with van der Waals surface area (Å²) in [6.45, 7) is 1.94. The Morgan fingerprint density at radius 3 is 2.90 bits per heavy atom. The van der Waals surface area contributed by atoms with E-state index in [0.717, 1.165) is 86.8 Å². The Hall–Kier alpha value is -2.64. The minimum Gasteiger partial charge on any atom is -0.350 e. The van der Waals surface area contributed by atoms with Crippen molar-refractivity contribution in [2.24, 2.45) is 5.92 Å². The second-order valence-electron chi connectivity index (χ2n) is 8.50. The summed E-state index contributed by atoms with van der Waals surface area (Å²) in [4.78, 5) is 27.5. The second-order valence-corrected chi connectivity index (χ2v) is 8.50. The number of piperidine rings is 1. The van der Waals surface area contributed by atoms with Crippen LogP contribution in [-0.2, 0) is 25.7 Å². The highest BCUT2D eigenvalue weighted by atomic mass is 16.5. The van der Waals surface area contributed by atoms with Crippen LogP contribution in [0.3, 0.4) is 0 Å². The van der Waals surface area contributed by atoms with E-state index in [1.165, 1.54) is 0 Å². The zero-order valence-electron chi connectivity index (χ0n) is 16.6. The number of fused-ring (bicyclic) bond motifs is 2. The summed E-state index contributed by atoms with van der Waals surface area (Å²) in [5, 5.41) is 14.4. The Labute approximate surface area is 169 Å². The molecule has 1 aliphatic heterocycles. The highest BCUT2D eigenvalue weighted by Gasteiger charge is 2.31. The summed E-state index contributed by atoms with van der Waals surface area (Å²) in [6, 6.07) is 0. The summed E-state index contributed by atoms with van der Waals surface area (Å²) >= 11 is 0. The van der Waals surface area contributed by atoms with Crippen molar-refractivity contribution in [2.45, 2.75) is 57.8 Å². The molecular weight excluding hydrogens is 370 g/mol. The lowest BCUT2D eigenvalue weighted by atomic mass is 9.95. The number of hydrogen-bond donors (Lipinski definition) is 2. The number of aromatic nitrogens is 3. The molecule has 2 N–H and O–H groups in total. The molecular formula is C21H27N5O3. The van der Waals surface area contributed by atoms with Crippen molar-refractivity contribution in [3.63, 3.8) is 0 Å². The van der Waals surface area contributed by atoms with Gasteiger partial charge in [0.05, 0.1) is 5.69 Å². The third-order valence-corrected chi connectivity index (χ3v) is 6.53. The molecule has 1 unspecified atom stereocenters. The standard InChI is InChI=1S/C21H27N5O3/c27-20(19-15-6-1-2-8-17(15)25-29-19)22-11-13-5-4-10-26(12-13)21(28)18-14-7-3-9-16(14)23-24-18/h13H,1-12H2,(H,22,27)(H,23,24). The van der Waals surface area contributed by atoms with Gasteiger partial charge in [-0.1, -0.05) is 5.16 Å². The average molecular weight is 397 g/mol. The van der Waals surface area contributed by atoms with Gasteiger partial charge in [-0.25, -0.2) is 0 Å². The third-order valence-electron chi connectivity index (χ3n) is 6.53. The van der Waals surface area contributed by atoms with Gasteiger partial charge in [0.15, 0.2) is 5.69 Å². The van der Waals surface area contributed by atoms with E-state index < -0.39 is 0 Å². The molecule has 1 atom stereocenters. The van der Waals surface area contributed by atoms with Gasteiger partial charge in [-0.2, -0.15) is 5.10 Å². The van der Waals surface area contributed by atoms with E-state index in [1.807, 2.05) is 4.90 Å². The van der Waals surface area contributed by atoms with Crippen LogP contribution in [0.4, 0.5) is 0 Å². The Morgan fingerprint density at radius 1 is 1.10 bits per heavy atom. The number of aromatic amines is 1. The largest absolute Gasteiger partial charge is 0.350 e. The number of amides is 2. The number of rotatable bonds is 4. The number of hydrogen-bond acceptors (Lipinski definition) is 5. The van der Waals surface area contributed by atoms with Crippen molar-refractivity contribution in [3.05, 3.63) is 34.0 Å². The topological polar surface area (TPSA) is 104 Å². The molecule has 154 valence electrons. The number of nitrogens with one attached hydrogen (secondary N) is 2. The van der Waals surface area contributed by atoms with Gasteiger partial charge < -0.3 is 14.7 Å². The van der Waals surface area contributed by atoms with Crippen LogP contribution in [0.25, 0.3) is 0 Å². The van der Waals surface area contributed by atoms with Gasteiger partial charge in [0, 0.05) is 36.5 Å². The van der Waals surface area contributed by atoms with E-state index in [9.17, 15) is 9.59 Å². The Kier molecular flexibility index (Phi) is 4.85. The molecule has 2 aliphatic carbocycles. The fraction of sp³-hybridized carbons (Fsp3) is 0.619. The van der Waals surface area contributed by atoms with Crippen LogP contribution >= 0.6 is 0 Å². The molecule has 0 aromatic carbocycles. The molecule has 3 aliphatic rings. The quantitative estimate of drug-likeness (QED) is 0.822. The molecule has 3 heterocycles. The van der Waals surface area contributed by atoms with Crippen LogP contribution in [-0.4, -0.2) is 51.7 Å². The van der Waals surface area contributed by atoms with Gasteiger partial charge in [-0.05, 0) is 63.7 Å². The van der Waals surface area contributed by atoms with Crippen molar-refractivity contribution in [1.29, 1.82) is 0 Å². The molecule has 1 fully saturated rings. The number of aryl methyl sites for hydroxylation is 2. The minimum absolute atomic E-state index is 0.0183. The summed E-state index contributed by atoms with van der Waals surface area (Å²) in [5.74, 6) is 0.442. The van der Waals surface area contributed by atoms with Crippen molar-refractivity contribution in [2.75, 3.05) is 19.6 Å². The summed E-state index contributed by atoms with van der Waals surface area (Å²) in [7, 11) is 0. The first-order valence-corrected chi connectivity index (χ1v) is 10.8. The lowest BCUT2D eigenvalue weighted by molar-refractivity contribution is 0.0662. The molecule has 8 heteroatoms. The molecule has 1 saturated heterocycles. The monoisotopic (exact) mass is 397 g/mol. The Balaban J connectivity index is 1.20. The zero-order valence-corrected chi connectivity index (χ0v) is 16.6. The summed E-state index contributed by atoms with van der Waals surface area (Å²) in [6.07, 6.45) is 8.87. The molecule has 0 radical (unpaired) electrons. The lowest BCUT2D eigenvalue weighted by Gasteiger charge is -2.32. The number of H-pyrrole nitrogens is 1. The van der Waals surface area contributed by atoms with Crippen molar-refractivity contribution >= 4 is 11.8 Å². The molecule has 0 saturated carbocycles. The van der Waals surface area contributed by atoms with Crippen molar-refractivity contribution in [3.8, 4) is 0 Å². The Morgan fingerprint density at radius 2 is 1.97 bits per heavy atom. The van der Waals surface area contributed by atoms with Gasteiger partial charge >= 0.3 is 0 Å². The lowest BCUT2D eigenvalue weighted by Crippen LogP contribution is -2.44. The average Bonchev–Trinajstić information content (AvgIpc) is 3.47. The molecule has 2 amide bonds. The van der Waals surface area contributed by atoms with Crippen LogP contribution < -0.4 is 5.32 Å². The maximum atomic E-state index is 13.0. The van der Waals surface area contributed by atoms with Crippen LogP contribution in [0.2, 0.25) is 0 Å². The van der Waals surface area contributed by atoms with Gasteiger partial charge in [-0.3, -0.25) is 14.7 Å². The SMILES string of the molecule is O=C(NCC1CCCN(C(=O)c2n[nH]c3c2CCC3)C1)c1onc2c1CCCC2. The van der Waals surface area contributed by atoms with Crippen LogP contribution in [0.15, 0.2) is 4.52 Å². The second kappa shape index (κ2) is 7.65. The van der Waals surface area contributed by atoms with E-state index in [-0.39, 0.29) is 17.7 Å². The first-order chi connectivity index (χ1) is 14.2. The number of nitrogens with zero attached hydrogens (tertiary/aromatic N) is 3. The smallest absolute Gasteiger partial charge is 0.290 e. The molecule has 2 aromatic rings. The van der Waals surface area contributed by atoms with E-state index in [0.29, 0.717) is 24.5 Å². The minimum atomic E-state index is -0.186. The van der Waals surface area contributed by atoms with Gasteiger partial charge in [0.25, 0.3) is 11.8 Å². The number of carbonyl (C=O) groups excluding carboxylic acids is 2. The fourth-order valence-electron chi connectivity index (χ4n) is 4.95. The van der Waals surface area contributed by atoms with Gasteiger partial charge in [0.2, 0.25) is 5.76 Å².